The Morgan fingerprint density at radius 1 is 1.45 bits per heavy atom. The number of halogens is 2. The van der Waals surface area contributed by atoms with Gasteiger partial charge >= 0.3 is 6.61 Å². The molecule has 0 N–H and O–H groups in total. The third kappa shape index (κ3) is 3.63. The maximum atomic E-state index is 12.1. The van der Waals surface area contributed by atoms with Crippen molar-refractivity contribution in [2.45, 2.75) is 19.5 Å². The average molecular weight is 280 g/mol. The van der Waals surface area contributed by atoms with Crippen LogP contribution in [0.15, 0.2) is 36.7 Å². The molecule has 0 spiro atoms. The normalized spacial score (nSPS) is 10.8. The van der Waals surface area contributed by atoms with Crippen molar-refractivity contribution in [3.63, 3.8) is 0 Å². The molecule has 0 aliphatic carbocycles. The number of aromatic nitrogens is 2. The molecule has 20 heavy (non-hydrogen) atoms. The first-order chi connectivity index (χ1) is 9.56. The molecule has 2 aromatic rings. The van der Waals surface area contributed by atoms with Crippen molar-refractivity contribution in [2.75, 3.05) is 0 Å². The summed E-state index contributed by atoms with van der Waals surface area (Å²) in [4.78, 5) is 16.1. The number of hydrogen-bond donors (Lipinski definition) is 0. The van der Waals surface area contributed by atoms with E-state index in [0.717, 1.165) is 5.82 Å². The lowest BCUT2D eigenvalue weighted by atomic mass is 10.1. The van der Waals surface area contributed by atoms with Gasteiger partial charge in [-0.25, -0.2) is 4.98 Å². The molecular formula is C14H14F2N2O2. The fourth-order valence-corrected chi connectivity index (χ4v) is 1.85. The Kier molecular flexibility index (Phi) is 4.45. The SMILES string of the molecule is Cn1ccnc1CCC(=O)c1cccc(OC(F)F)c1. The maximum absolute atomic E-state index is 12.1. The minimum Gasteiger partial charge on any atom is -0.435 e. The average Bonchev–Trinajstić information content (AvgIpc) is 2.81. The number of carbonyl (C=O) groups is 1. The van der Waals surface area contributed by atoms with Gasteiger partial charge in [-0.1, -0.05) is 12.1 Å². The summed E-state index contributed by atoms with van der Waals surface area (Å²) in [6, 6.07) is 5.82. The molecule has 1 aromatic carbocycles. The zero-order valence-electron chi connectivity index (χ0n) is 10.9. The molecule has 0 bridgehead atoms. The Hall–Kier alpha value is -2.24. The quantitative estimate of drug-likeness (QED) is 0.764. The second-order valence-electron chi connectivity index (χ2n) is 4.28. The van der Waals surface area contributed by atoms with Crippen molar-refractivity contribution in [3.8, 4) is 5.75 Å². The molecule has 0 amide bonds. The van der Waals surface area contributed by atoms with E-state index in [1.807, 2.05) is 11.6 Å². The van der Waals surface area contributed by atoms with Crippen LogP contribution in [-0.4, -0.2) is 21.9 Å². The van der Waals surface area contributed by atoms with Crippen molar-refractivity contribution in [2.24, 2.45) is 7.05 Å². The van der Waals surface area contributed by atoms with Gasteiger partial charge < -0.3 is 9.30 Å². The van der Waals surface area contributed by atoms with Crippen LogP contribution in [0.1, 0.15) is 22.6 Å². The number of rotatable bonds is 6. The Morgan fingerprint density at radius 2 is 2.25 bits per heavy atom. The highest BCUT2D eigenvalue weighted by Crippen LogP contribution is 2.17. The van der Waals surface area contributed by atoms with Gasteiger partial charge in [0.25, 0.3) is 0 Å². The van der Waals surface area contributed by atoms with E-state index < -0.39 is 6.61 Å². The Morgan fingerprint density at radius 3 is 2.90 bits per heavy atom. The summed E-state index contributed by atoms with van der Waals surface area (Å²) < 4.78 is 30.3. The van der Waals surface area contributed by atoms with Gasteiger partial charge in [0.15, 0.2) is 5.78 Å². The number of aryl methyl sites for hydroxylation is 2. The van der Waals surface area contributed by atoms with E-state index >= 15 is 0 Å². The van der Waals surface area contributed by atoms with E-state index in [-0.39, 0.29) is 18.0 Å². The van der Waals surface area contributed by atoms with Crippen molar-refractivity contribution >= 4 is 5.78 Å². The Balaban J connectivity index is 2.00. The summed E-state index contributed by atoms with van der Waals surface area (Å²) >= 11 is 0. The monoisotopic (exact) mass is 280 g/mol. The summed E-state index contributed by atoms with van der Waals surface area (Å²) in [5.74, 6) is 0.661. The zero-order chi connectivity index (χ0) is 14.5. The number of nitrogens with zero attached hydrogens (tertiary/aromatic N) is 2. The van der Waals surface area contributed by atoms with Gasteiger partial charge in [-0.3, -0.25) is 4.79 Å². The molecule has 1 heterocycles. The highest BCUT2D eigenvalue weighted by molar-refractivity contribution is 5.96. The fourth-order valence-electron chi connectivity index (χ4n) is 1.85. The number of ether oxygens (including phenoxy) is 1. The number of alkyl halides is 2. The highest BCUT2D eigenvalue weighted by Gasteiger charge is 2.11. The Labute approximate surface area is 115 Å². The molecular weight excluding hydrogens is 266 g/mol. The predicted molar refractivity (Wildman–Crippen MR) is 68.9 cm³/mol. The lowest BCUT2D eigenvalue weighted by molar-refractivity contribution is -0.0498. The van der Waals surface area contributed by atoms with Crippen LogP contribution in [0.4, 0.5) is 8.78 Å². The summed E-state index contributed by atoms with van der Waals surface area (Å²) in [6.07, 6.45) is 4.24. The third-order valence-corrected chi connectivity index (χ3v) is 2.88. The minimum atomic E-state index is -2.90. The molecule has 2 rings (SSSR count). The highest BCUT2D eigenvalue weighted by atomic mass is 19.3. The van der Waals surface area contributed by atoms with E-state index in [0.29, 0.717) is 12.0 Å². The zero-order valence-corrected chi connectivity index (χ0v) is 10.9. The van der Waals surface area contributed by atoms with Crippen LogP contribution in [0.25, 0.3) is 0 Å². The summed E-state index contributed by atoms with van der Waals surface area (Å²) in [6.45, 7) is -2.90. The fraction of sp³-hybridized carbons (Fsp3) is 0.286. The van der Waals surface area contributed by atoms with E-state index in [9.17, 15) is 13.6 Å². The van der Waals surface area contributed by atoms with Gasteiger partial charge in [0.2, 0.25) is 0 Å². The van der Waals surface area contributed by atoms with Crippen LogP contribution in [0, 0.1) is 0 Å². The molecule has 4 nitrogen and oxygen atoms in total. The van der Waals surface area contributed by atoms with Crippen LogP contribution in [0.5, 0.6) is 5.75 Å². The molecule has 0 saturated carbocycles. The number of ketones is 1. The van der Waals surface area contributed by atoms with E-state index in [2.05, 4.69) is 9.72 Å². The number of Topliss-reactive ketones (excluding diaryl/α,β-unsaturated/α-hetero) is 1. The van der Waals surface area contributed by atoms with Gasteiger partial charge in [0, 0.05) is 37.8 Å². The molecule has 0 radical (unpaired) electrons. The predicted octanol–water partition coefficient (Wildman–Crippen LogP) is 2.84. The maximum Gasteiger partial charge on any atom is 0.387 e. The van der Waals surface area contributed by atoms with Crippen LogP contribution in [0.3, 0.4) is 0 Å². The first kappa shape index (κ1) is 14.2. The van der Waals surface area contributed by atoms with Crippen molar-refractivity contribution in [3.05, 3.63) is 48.0 Å². The lowest BCUT2D eigenvalue weighted by Crippen LogP contribution is -2.06. The van der Waals surface area contributed by atoms with Crippen molar-refractivity contribution in [1.82, 2.24) is 9.55 Å². The summed E-state index contributed by atoms with van der Waals surface area (Å²) in [5.41, 5.74) is 0.359. The number of benzene rings is 1. The van der Waals surface area contributed by atoms with E-state index in [1.54, 1.807) is 18.5 Å². The first-order valence-corrected chi connectivity index (χ1v) is 6.10. The summed E-state index contributed by atoms with van der Waals surface area (Å²) in [7, 11) is 1.85. The molecule has 1 aromatic heterocycles. The first-order valence-electron chi connectivity index (χ1n) is 6.10. The molecule has 0 unspecified atom stereocenters. The Bertz CT molecular complexity index is 596. The largest absolute Gasteiger partial charge is 0.435 e. The standard InChI is InChI=1S/C14H14F2N2O2/c1-18-8-7-17-13(18)6-5-12(19)10-3-2-4-11(9-10)20-14(15)16/h2-4,7-9,14H,5-6H2,1H3. The van der Waals surface area contributed by atoms with Gasteiger partial charge in [-0.2, -0.15) is 8.78 Å². The second-order valence-corrected chi connectivity index (χ2v) is 4.28. The van der Waals surface area contributed by atoms with Crippen LogP contribution < -0.4 is 4.74 Å². The molecule has 0 saturated heterocycles. The lowest BCUT2D eigenvalue weighted by Gasteiger charge is -2.06. The van der Waals surface area contributed by atoms with Crippen LogP contribution in [0.2, 0.25) is 0 Å². The van der Waals surface area contributed by atoms with Gasteiger partial charge in [-0.15, -0.1) is 0 Å². The molecule has 0 fully saturated rings. The van der Waals surface area contributed by atoms with Crippen LogP contribution in [-0.2, 0) is 13.5 Å². The molecule has 0 atom stereocenters. The smallest absolute Gasteiger partial charge is 0.387 e. The van der Waals surface area contributed by atoms with Gasteiger partial charge in [0.1, 0.15) is 11.6 Å². The third-order valence-electron chi connectivity index (χ3n) is 2.88. The van der Waals surface area contributed by atoms with Gasteiger partial charge in [0.05, 0.1) is 0 Å². The molecule has 0 aliphatic rings. The topological polar surface area (TPSA) is 44.1 Å². The van der Waals surface area contributed by atoms with Crippen LogP contribution >= 0.6 is 0 Å². The summed E-state index contributed by atoms with van der Waals surface area (Å²) in [5, 5.41) is 0. The van der Waals surface area contributed by atoms with E-state index in [4.69, 9.17) is 0 Å². The van der Waals surface area contributed by atoms with Crippen molar-refractivity contribution < 1.29 is 18.3 Å². The minimum absolute atomic E-state index is 0.0113. The molecule has 0 aliphatic heterocycles. The number of hydrogen-bond acceptors (Lipinski definition) is 3. The molecule has 106 valence electrons. The number of carbonyl (C=O) groups excluding carboxylic acids is 1. The van der Waals surface area contributed by atoms with E-state index in [1.165, 1.54) is 18.2 Å². The molecule has 6 heteroatoms. The number of imidazole rings is 1. The van der Waals surface area contributed by atoms with Gasteiger partial charge in [-0.05, 0) is 12.1 Å². The second kappa shape index (κ2) is 6.27. The van der Waals surface area contributed by atoms with Crippen molar-refractivity contribution in [1.29, 1.82) is 0 Å².